The van der Waals surface area contributed by atoms with Gasteiger partial charge in [0, 0.05) is 16.3 Å². The predicted molar refractivity (Wildman–Crippen MR) is 109 cm³/mol. The number of halogens is 1. The standard InChI is InChI=1S/C20H22ClN3OS/c1-13-5-10-16(11-17(13)21)22-12-24-19(26)25-18(23-24)14-6-8-15(9-7-14)20(2,3)4/h5-11,22H,12H2,1-4H3. The lowest BCUT2D eigenvalue weighted by Crippen LogP contribution is -2.10. The van der Waals surface area contributed by atoms with Crippen molar-refractivity contribution in [2.24, 2.45) is 0 Å². The monoisotopic (exact) mass is 387 g/mol. The topological polar surface area (TPSA) is 43.0 Å². The van der Waals surface area contributed by atoms with Crippen LogP contribution in [-0.2, 0) is 12.1 Å². The van der Waals surface area contributed by atoms with Gasteiger partial charge in [-0.1, -0.05) is 50.6 Å². The normalized spacial score (nSPS) is 11.6. The zero-order valence-electron chi connectivity index (χ0n) is 15.3. The van der Waals surface area contributed by atoms with Crippen LogP contribution in [0.15, 0.2) is 46.9 Å². The van der Waals surface area contributed by atoms with Gasteiger partial charge < -0.3 is 9.73 Å². The van der Waals surface area contributed by atoms with E-state index in [-0.39, 0.29) is 5.41 Å². The first-order chi connectivity index (χ1) is 12.2. The molecule has 3 aromatic rings. The molecule has 3 rings (SSSR count). The van der Waals surface area contributed by atoms with E-state index in [9.17, 15) is 0 Å². The molecule has 0 fully saturated rings. The van der Waals surface area contributed by atoms with E-state index in [2.05, 4.69) is 43.3 Å². The highest BCUT2D eigenvalue weighted by Crippen LogP contribution is 2.26. The molecule has 1 N–H and O–H groups in total. The van der Waals surface area contributed by atoms with E-state index in [4.69, 9.17) is 28.2 Å². The van der Waals surface area contributed by atoms with Crippen molar-refractivity contribution in [2.45, 2.75) is 39.8 Å². The quantitative estimate of drug-likeness (QED) is 0.541. The van der Waals surface area contributed by atoms with Crippen molar-refractivity contribution in [3.8, 4) is 11.5 Å². The Morgan fingerprint density at radius 1 is 1.15 bits per heavy atom. The minimum Gasteiger partial charge on any atom is -0.409 e. The van der Waals surface area contributed by atoms with E-state index in [0.717, 1.165) is 21.8 Å². The van der Waals surface area contributed by atoms with Gasteiger partial charge in [0.15, 0.2) is 0 Å². The molecule has 0 aliphatic heterocycles. The number of rotatable bonds is 4. The van der Waals surface area contributed by atoms with Crippen LogP contribution in [0.5, 0.6) is 0 Å². The first kappa shape index (κ1) is 18.7. The third kappa shape index (κ3) is 4.17. The van der Waals surface area contributed by atoms with Crippen LogP contribution >= 0.6 is 23.8 Å². The van der Waals surface area contributed by atoms with Gasteiger partial charge in [-0.3, -0.25) is 0 Å². The van der Waals surface area contributed by atoms with Crippen molar-refractivity contribution in [2.75, 3.05) is 5.32 Å². The van der Waals surface area contributed by atoms with Crippen LogP contribution in [0.3, 0.4) is 0 Å². The Labute approximate surface area is 163 Å². The molecule has 26 heavy (non-hydrogen) atoms. The van der Waals surface area contributed by atoms with E-state index in [0.29, 0.717) is 17.4 Å². The molecular weight excluding hydrogens is 366 g/mol. The molecular formula is C20H22ClN3OS. The van der Waals surface area contributed by atoms with Crippen LogP contribution < -0.4 is 5.32 Å². The molecule has 0 amide bonds. The lowest BCUT2D eigenvalue weighted by Gasteiger charge is -2.18. The Morgan fingerprint density at radius 2 is 1.85 bits per heavy atom. The van der Waals surface area contributed by atoms with Gasteiger partial charge in [0.25, 0.3) is 4.84 Å². The second-order valence-electron chi connectivity index (χ2n) is 7.30. The summed E-state index contributed by atoms with van der Waals surface area (Å²) in [6.07, 6.45) is 0. The van der Waals surface area contributed by atoms with Crippen LogP contribution in [0.2, 0.25) is 5.02 Å². The van der Waals surface area contributed by atoms with Gasteiger partial charge in [-0.25, -0.2) is 4.68 Å². The molecule has 0 bridgehead atoms. The van der Waals surface area contributed by atoms with Gasteiger partial charge in [-0.05, 0) is 59.9 Å². The fourth-order valence-corrected chi connectivity index (χ4v) is 2.87. The summed E-state index contributed by atoms with van der Waals surface area (Å²) in [5.74, 6) is 0.513. The Bertz CT molecular complexity index is 968. The molecule has 0 atom stereocenters. The van der Waals surface area contributed by atoms with Crippen LogP contribution in [0.25, 0.3) is 11.5 Å². The van der Waals surface area contributed by atoms with Crippen molar-refractivity contribution in [3.05, 3.63) is 63.5 Å². The third-order valence-electron chi connectivity index (χ3n) is 4.21. The van der Waals surface area contributed by atoms with Crippen molar-refractivity contribution < 1.29 is 4.42 Å². The highest BCUT2D eigenvalue weighted by molar-refractivity contribution is 7.71. The Morgan fingerprint density at radius 3 is 2.46 bits per heavy atom. The van der Waals surface area contributed by atoms with Gasteiger partial charge in [0.2, 0.25) is 5.89 Å². The summed E-state index contributed by atoms with van der Waals surface area (Å²) >= 11 is 11.4. The number of anilines is 1. The van der Waals surface area contributed by atoms with Crippen LogP contribution in [0.1, 0.15) is 31.9 Å². The number of hydrogen-bond donors (Lipinski definition) is 1. The maximum Gasteiger partial charge on any atom is 0.289 e. The molecule has 1 heterocycles. The number of aryl methyl sites for hydroxylation is 1. The summed E-state index contributed by atoms with van der Waals surface area (Å²) < 4.78 is 7.28. The zero-order valence-corrected chi connectivity index (χ0v) is 16.9. The van der Waals surface area contributed by atoms with Crippen molar-refractivity contribution in [3.63, 3.8) is 0 Å². The summed E-state index contributed by atoms with van der Waals surface area (Å²) in [6, 6.07) is 14.0. The van der Waals surface area contributed by atoms with E-state index >= 15 is 0 Å². The maximum absolute atomic E-state index is 6.15. The number of nitrogens with zero attached hydrogens (tertiary/aromatic N) is 2. The molecule has 0 spiro atoms. The number of benzene rings is 2. The molecule has 136 valence electrons. The fourth-order valence-electron chi connectivity index (χ4n) is 2.50. The Balaban J connectivity index is 1.76. The Kier molecular flexibility index (Phi) is 5.21. The van der Waals surface area contributed by atoms with Gasteiger partial charge >= 0.3 is 0 Å². The summed E-state index contributed by atoms with van der Waals surface area (Å²) in [6.45, 7) is 8.93. The first-order valence-corrected chi connectivity index (χ1v) is 9.21. The van der Waals surface area contributed by atoms with Gasteiger partial charge in [-0.15, -0.1) is 5.10 Å². The zero-order chi connectivity index (χ0) is 18.9. The molecule has 2 aromatic carbocycles. The van der Waals surface area contributed by atoms with Gasteiger partial charge in [0.1, 0.15) is 6.67 Å². The molecule has 0 aliphatic rings. The maximum atomic E-state index is 6.15. The SMILES string of the molecule is Cc1ccc(NCn2nc(-c3ccc(C(C)(C)C)cc3)oc2=S)cc1Cl. The summed E-state index contributed by atoms with van der Waals surface area (Å²) in [4.78, 5) is 0.325. The van der Waals surface area contributed by atoms with Gasteiger partial charge in [-0.2, -0.15) is 0 Å². The van der Waals surface area contributed by atoms with E-state index in [1.54, 1.807) is 4.68 Å². The van der Waals surface area contributed by atoms with E-state index < -0.39 is 0 Å². The van der Waals surface area contributed by atoms with Crippen LogP contribution in [-0.4, -0.2) is 9.78 Å². The highest BCUT2D eigenvalue weighted by atomic mass is 35.5. The molecule has 0 saturated carbocycles. The van der Waals surface area contributed by atoms with Gasteiger partial charge in [0.05, 0.1) is 0 Å². The molecule has 0 unspecified atom stereocenters. The lowest BCUT2D eigenvalue weighted by molar-refractivity contribution is 0.522. The molecule has 0 aliphatic carbocycles. The highest BCUT2D eigenvalue weighted by Gasteiger charge is 2.14. The smallest absolute Gasteiger partial charge is 0.289 e. The van der Waals surface area contributed by atoms with Crippen molar-refractivity contribution in [1.29, 1.82) is 0 Å². The average molecular weight is 388 g/mol. The lowest BCUT2D eigenvalue weighted by atomic mass is 9.87. The van der Waals surface area contributed by atoms with Crippen molar-refractivity contribution in [1.82, 2.24) is 9.78 Å². The summed E-state index contributed by atoms with van der Waals surface area (Å²) in [7, 11) is 0. The van der Waals surface area contributed by atoms with Crippen LogP contribution in [0.4, 0.5) is 5.69 Å². The number of aromatic nitrogens is 2. The molecule has 4 nitrogen and oxygen atoms in total. The van der Waals surface area contributed by atoms with E-state index in [1.165, 1.54) is 5.56 Å². The molecule has 0 saturated heterocycles. The van der Waals surface area contributed by atoms with E-state index in [1.807, 2.05) is 37.3 Å². The fraction of sp³-hybridized carbons (Fsp3) is 0.300. The minimum absolute atomic E-state index is 0.109. The average Bonchev–Trinajstić information content (AvgIpc) is 2.96. The second-order valence-corrected chi connectivity index (χ2v) is 8.06. The first-order valence-electron chi connectivity index (χ1n) is 8.43. The third-order valence-corrected chi connectivity index (χ3v) is 4.91. The second kappa shape index (κ2) is 7.25. The predicted octanol–water partition coefficient (Wildman–Crippen LogP) is 6.20. The molecule has 6 heteroatoms. The summed E-state index contributed by atoms with van der Waals surface area (Å²) in [5.41, 5.74) is 4.22. The number of nitrogens with one attached hydrogen (secondary N) is 1. The van der Waals surface area contributed by atoms with Crippen LogP contribution in [0, 0.1) is 11.8 Å². The largest absolute Gasteiger partial charge is 0.409 e. The summed E-state index contributed by atoms with van der Waals surface area (Å²) in [5, 5.41) is 8.45. The Hall–Kier alpha value is -2.11. The minimum atomic E-state index is 0.109. The van der Waals surface area contributed by atoms with Crippen molar-refractivity contribution >= 4 is 29.5 Å². The molecule has 0 radical (unpaired) electrons. The number of hydrogen-bond acceptors (Lipinski definition) is 4. The molecule has 1 aromatic heterocycles.